The number of rotatable bonds is 2. The van der Waals surface area contributed by atoms with Gasteiger partial charge in [-0.15, -0.1) is 0 Å². The van der Waals surface area contributed by atoms with Crippen molar-refractivity contribution in [2.75, 3.05) is 0 Å². The average Bonchev–Trinajstić information content (AvgIpc) is 2.80. The summed E-state index contributed by atoms with van der Waals surface area (Å²) in [7, 11) is 0. The first-order valence-corrected chi connectivity index (χ1v) is 10.2. The Balaban J connectivity index is 1.51. The van der Waals surface area contributed by atoms with Crippen LogP contribution in [-0.2, 0) is 0 Å². The lowest BCUT2D eigenvalue weighted by atomic mass is 9.97. The van der Waals surface area contributed by atoms with Gasteiger partial charge >= 0.3 is 0 Å². The van der Waals surface area contributed by atoms with Crippen LogP contribution in [0.1, 0.15) is 5.56 Å². The van der Waals surface area contributed by atoms with Crippen molar-refractivity contribution >= 4 is 55.0 Å². The van der Waals surface area contributed by atoms with E-state index in [2.05, 4.69) is 109 Å². The Morgan fingerprint density at radius 2 is 0.933 bits per heavy atom. The zero-order valence-electron chi connectivity index (χ0n) is 16.4. The molecular weight excluding hydrogens is 362 g/mol. The molecule has 0 aliphatic rings. The lowest BCUT2D eigenvalue weighted by molar-refractivity contribution is 1.56. The van der Waals surface area contributed by atoms with Crippen LogP contribution in [0.2, 0.25) is 0 Å². The van der Waals surface area contributed by atoms with Crippen molar-refractivity contribution in [3.05, 3.63) is 115 Å². The van der Waals surface area contributed by atoms with Gasteiger partial charge in [0.1, 0.15) is 0 Å². The Bertz CT molecular complexity index is 1540. The topological polar surface area (TPSA) is 12.4 Å². The maximum absolute atomic E-state index is 4.88. The van der Waals surface area contributed by atoms with Crippen molar-refractivity contribution in [1.29, 1.82) is 0 Å². The second kappa shape index (κ2) is 6.82. The third kappa shape index (κ3) is 2.84. The standard InChI is InChI=1S/C29H19N/c1-2-8-21-16-25-18-26(14-13-22(25)15-20(21)7-1)30-19-29-27-11-5-3-9-23(27)17-24-10-4-6-12-28(24)29/h1-19H. The van der Waals surface area contributed by atoms with E-state index in [1.165, 1.54) is 48.7 Å². The smallest absolute Gasteiger partial charge is 0.0636 e. The van der Waals surface area contributed by atoms with E-state index in [1.54, 1.807) is 0 Å². The highest BCUT2D eigenvalue weighted by molar-refractivity contribution is 6.13. The molecule has 6 rings (SSSR count). The summed E-state index contributed by atoms with van der Waals surface area (Å²) >= 11 is 0. The summed E-state index contributed by atoms with van der Waals surface area (Å²) in [6.07, 6.45) is 2.02. The summed E-state index contributed by atoms with van der Waals surface area (Å²) in [5, 5.41) is 9.91. The molecule has 0 aliphatic heterocycles. The van der Waals surface area contributed by atoms with Gasteiger partial charge in [-0.25, -0.2) is 0 Å². The van der Waals surface area contributed by atoms with Gasteiger partial charge in [0.05, 0.1) is 5.69 Å². The van der Waals surface area contributed by atoms with E-state index >= 15 is 0 Å². The fourth-order valence-corrected chi connectivity index (χ4v) is 4.33. The monoisotopic (exact) mass is 381 g/mol. The van der Waals surface area contributed by atoms with Crippen LogP contribution in [0.4, 0.5) is 5.69 Å². The maximum Gasteiger partial charge on any atom is 0.0636 e. The highest BCUT2D eigenvalue weighted by atomic mass is 14.7. The fourth-order valence-electron chi connectivity index (χ4n) is 4.33. The molecule has 30 heavy (non-hydrogen) atoms. The average molecular weight is 381 g/mol. The minimum atomic E-state index is 0.967. The molecule has 0 saturated carbocycles. The van der Waals surface area contributed by atoms with Gasteiger partial charge in [-0.3, -0.25) is 4.99 Å². The van der Waals surface area contributed by atoms with Gasteiger partial charge in [0, 0.05) is 11.8 Å². The van der Waals surface area contributed by atoms with Gasteiger partial charge in [-0.2, -0.15) is 0 Å². The number of hydrogen-bond donors (Lipinski definition) is 0. The van der Waals surface area contributed by atoms with Gasteiger partial charge < -0.3 is 0 Å². The summed E-state index contributed by atoms with van der Waals surface area (Å²) in [6.45, 7) is 0. The molecule has 0 atom stereocenters. The quantitative estimate of drug-likeness (QED) is 0.212. The van der Waals surface area contributed by atoms with E-state index in [0.717, 1.165) is 5.69 Å². The lowest BCUT2D eigenvalue weighted by Gasteiger charge is -2.08. The van der Waals surface area contributed by atoms with Gasteiger partial charge in [0.25, 0.3) is 0 Å². The molecule has 0 saturated heterocycles. The first-order chi connectivity index (χ1) is 14.8. The Morgan fingerprint density at radius 1 is 0.433 bits per heavy atom. The number of nitrogens with zero attached hydrogens (tertiary/aromatic N) is 1. The predicted molar refractivity (Wildman–Crippen MR) is 130 cm³/mol. The minimum absolute atomic E-state index is 0.967. The molecule has 140 valence electrons. The Kier molecular flexibility index (Phi) is 3.85. The van der Waals surface area contributed by atoms with E-state index in [-0.39, 0.29) is 0 Å². The van der Waals surface area contributed by atoms with E-state index in [9.17, 15) is 0 Å². The number of aliphatic imine (C=N–C) groups is 1. The molecule has 1 heteroatoms. The van der Waals surface area contributed by atoms with Crippen LogP contribution in [0, 0.1) is 0 Å². The molecule has 0 heterocycles. The van der Waals surface area contributed by atoms with Crippen LogP contribution in [-0.4, -0.2) is 6.21 Å². The molecule has 0 spiro atoms. The van der Waals surface area contributed by atoms with Gasteiger partial charge in [-0.1, -0.05) is 78.9 Å². The molecular formula is C29H19N. The predicted octanol–water partition coefficient (Wildman–Crippen LogP) is 8.05. The molecule has 0 amide bonds. The molecule has 0 radical (unpaired) electrons. The molecule has 0 fully saturated rings. The van der Waals surface area contributed by atoms with Crippen molar-refractivity contribution in [2.24, 2.45) is 4.99 Å². The largest absolute Gasteiger partial charge is 0.256 e. The van der Waals surface area contributed by atoms with Gasteiger partial charge in [0.15, 0.2) is 0 Å². The van der Waals surface area contributed by atoms with Crippen LogP contribution in [0.3, 0.4) is 0 Å². The van der Waals surface area contributed by atoms with Crippen LogP contribution >= 0.6 is 0 Å². The molecule has 6 aromatic rings. The normalized spacial score (nSPS) is 11.9. The molecule has 1 nitrogen and oxygen atoms in total. The highest BCUT2D eigenvalue weighted by Gasteiger charge is 2.06. The third-order valence-electron chi connectivity index (χ3n) is 5.84. The van der Waals surface area contributed by atoms with Crippen LogP contribution in [0.5, 0.6) is 0 Å². The first-order valence-electron chi connectivity index (χ1n) is 10.2. The second-order valence-corrected chi connectivity index (χ2v) is 7.72. The van der Waals surface area contributed by atoms with Gasteiger partial charge in [-0.05, 0) is 73.4 Å². The zero-order valence-corrected chi connectivity index (χ0v) is 16.4. The molecule has 0 aliphatic carbocycles. The van der Waals surface area contributed by atoms with E-state index in [4.69, 9.17) is 4.99 Å². The summed E-state index contributed by atoms with van der Waals surface area (Å²) in [6, 6.07) is 38.7. The minimum Gasteiger partial charge on any atom is -0.256 e. The van der Waals surface area contributed by atoms with Crippen LogP contribution in [0.15, 0.2) is 114 Å². The SMILES string of the molecule is C(=Nc1ccc2cc3ccccc3cc2c1)c1c2ccccc2cc2ccccc12. The van der Waals surface area contributed by atoms with E-state index in [0.29, 0.717) is 0 Å². The molecule has 0 N–H and O–H groups in total. The number of fused-ring (bicyclic) bond motifs is 4. The molecule has 0 unspecified atom stereocenters. The molecule has 0 aromatic heterocycles. The third-order valence-corrected chi connectivity index (χ3v) is 5.84. The fraction of sp³-hybridized carbons (Fsp3) is 0. The van der Waals surface area contributed by atoms with Crippen molar-refractivity contribution < 1.29 is 0 Å². The van der Waals surface area contributed by atoms with Crippen molar-refractivity contribution in [3.8, 4) is 0 Å². The second-order valence-electron chi connectivity index (χ2n) is 7.72. The lowest BCUT2D eigenvalue weighted by Crippen LogP contribution is -1.88. The highest BCUT2D eigenvalue weighted by Crippen LogP contribution is 2.29. The van der Waals surface area contributed by atoms with Crippen molar-refractivity contribution in [1.82, 2.24) is 0 Å². The molecule has 6 aromatic carbocycles. The maximum atomic E-state index is 4.88. The Labute approximate surface area is 174 Å². The van der Waals surface area contributed by atoms with Crippen molar-refractivity contribution in [2.45, 2.75) is 0 Å². The van der Waals surface area contributed by atoms with Crippen LogP contribution < -0.4 is 0 Å². The van der Waals surface area contributed by atoms with E-state index in [1.807, 2.05) is 6.21 Å². The van der Waals surface area contributed by atoms with Gasteiger partial charge in [0.2, 0.25) is 0 Å². The number of benzene rings is 6. The van der Waals surface area contributed by atoms with E-state index < -0.39 is 0 Å². The summed E-state index contributed by atoms with van der Waals surface area (Å²) in [5.41, 5.74) is 2.14. The first kappa shape index (κ1) is 16.9. The summed E-state index contributed by atoms with van der Waals surface area (Å²) in [4.78, 5) is 4.88. The number of hydrogen-bond acceptors (Lipinski definition) is 1. The van der Waals surface area contributed by atoms with Crippen molar-refractivity contribution in [3.63, 3.8) is 0 Å². The molecule has 0 bridgehead atoms. The summed E-state index contributed by atoms with van der Waals surface area (Å²) < 4.78 is 0. The zero-order chi connectivity index (χ0) is 19.9. The van der Waals surface area contributed by atoms with Crippen LogP contribution in [0.25, 0.3) is 43.1 Å². The summed E-state index contributed by atoms with van der Waals surface area (Å²) in [5.74, 6) is 0. The Hall–Kier alpha value is -3.97. The Morgan fingerprint density at radius 3 is 1.60 bits per heavy atom.